The molecule has 0 aliphatic carbocycles. The number of nitrogens with zero attached hydrogens (tertiary/aromatic N) is 4. The Labute approximate surface area is 187 Å². The SMILES string of the molecule is CC(C)CC(=O)N1CCN(C(C)c2nc3ccccc3c(=O)n2-c2ccc(F)cc2)CC1. The first-order valence-corrected chi connectivity index (χ1v) is 11.1. The van der Waals surface area contributed by atoms with Crippen molar-refractivity contribution in [2.75, 3.05) is 26.2 Å². The molecule has 1 aromatic heterocycles. The van der Waals surface area contributed by atoms with E-state index in [0.717, 1.165) is 0 Å². The molecule has 1 fully saturated rings. The molecule has 7 heteroatoms. The van der Waals surface area contributed by atoms with Crippen LogP contribution in [0.25, 0.3) is 16.6 Å². The van der Waals surface area contributed by atoms with E-state index in [0.29, 0.717) is 60.9 Å². The molecule has 2 heterocycles. The average Bonchev–Trinajstić information content (AvgIpc) is 2.79. The smallest absolute Gasteiger partial charge is 0.266 e. The third kappa shape index (κ3) is 4.43. The maximum atomic E-state index is 13.5. The number of carbonyl (C=O) groups excluding carboxylic acids is 1. The van der Waals surface area contributed by atoms with Crippen molar-refractivity contribution in [3.63, 3.8) is 0 Å². The van der Waals surface area contributed by atoms with Gasteiger partial charge in [0.1, 0.15) is 11.6 Å². The summed E-state index contributed by atoms with van der Waals surface area (Å²) in [5, 5.41) is 0.525. The number of hydrogen-bond acceptors (Lipinski definition) is 4. The normalized spacial score (nSPS) is 16.0. The summed E-state index contributed by atoms with van der Waals surface area (Å²) in [5.41, 5.74) is 1.06. The van der Waals surface area contributed by atoms with Crippen molar-refractivity contribution in [3.8, 4) is 5.69 Å². The van der Waals surface area contributed by atoms with Gasteiger partial charge < -0.3 is 4.90 Å². The van der Waals surface area contributed by atoms with Crippen LogP contribution in [-0.2, 0) is 4.79 Å². The molecule has 1 saturated heterocycles. The number of rotatable bonds is 5. The lowest BCUT2D eigenvalue weighted by molar-refractivity contribution is -0.134. The van der Waals surface area contributed by atoms with E-state index in [2.05, 4.69) is 18.7 Å². The van der Waals surface area contributed by atoms with Gasteiger partial charge in [-0.15, -0.1) is 0 Å². The molecule has 6 nitrogen and oxygen atoms in total. The highest BCUT2D eigenvalue weighted by molar-refractivity contribution is 5.78. The van der Waals surface area contributed by atoms with Crippen molar-refractivity contribution in [1.82, 2.24) is 19.4 Å². The molecular formula is C25H29FN4O2. The minimum absolute atomic E-state index is 0.153. The summed E-state index contributed by atoms with van der Waals surface area (Å²) in [6.07, 6.45) is 0.561. The minimum Gasteiger partial charge on any atom is -0.340 e. The average molecular weight is 437 g/mol. The van der Waals surface area contributed by atoms with Crippen molar-refractivity contribution < 1.29 is 9.18 Å². The lowest BCUT2D eigenvalue weighted by Crippen LogP contribution is -2.50. The standard InChI is InChI=1S/C25H29FN4O2/c1-17(2)16-23(31)29-14-12-28(13-15-29)18(3)24-27-22-7-5-4-6-21(22)25(32)30(24)20-10-8-19(26)9-11-20/h4-11,17-18H,12-16H2,1-3H3. The molecule has 1 amide bonds. The first-order chi connectivity index (χ1) is 15.3. The summed E-state index contributed by atoms with van der Waals surface area (Å²) < 4.78 is 15.1. The van der Waals surface area contributed by atoms with Crippen molar-refractivity contribution in [2.45, 2.75) is 33.2 Å². The lowest BCUT2D eigenvalue weighted by Gasteiger charge is -2.38. The van der Waals surface area contributed by atoms with Gasteiger partial charge in [-0.2, -0.15) is 0 Å². The van der Waals surface area contributed by atoms with E-state index in [1.54, 1.807) is 22.8 Å². The number of benzene rings is 2. The predicted octanol–water partition coefficient (Wildman–Crippen LogP) is 3.78. The van der Waals surface area contributed by atoms with Crippen LogP contribution in [0.1, 0.15) is 39.1 Å². The predicted molar refractivity (Wildman–Crippen MR) is 123 cm³/mol. The number of halogens is 1. The number of aromatic nitrogens is 2. The fraction of sp³-hybridized carbons (Fsp3) is 0.400. The molecule has 0 N–H and O–H groups in total. The van der Waals surface area contributed by atoms with Gasteiger partial charge in [0.05, 0.1) is 22.6 Å². The lowest BCUT2D eigenvalue weighted by atomic mass is 10.1. The monoisotopic (exact) mass is 436 g/mol. The van der Waals surface area contributed by atoms with Crippen molar-refractivity contribution >= 4 is 16.8 Å². The molecule has 32 heavy (non-hydrogen) atoms. The molecule has 0 spiro atoms. The Bertz CT molecular complexity index is 1160. The van der Waals surface area contributed by atoms with Crippen LogP contribution in [0.4, 0.5) is 4.39 Å². The number of carbonyl (C=O) groups is 1. The summed E-state index contributed by atoms with van der Waals surface area (Å²) in [6.45, 7) is 8.86. The highest BCUT2D eigenvalue weighted by Crippen LogP contribution is 2.24. The second-order valence-electron chi connectivity index (χ2n) is 8.79. The number of para-hydroxylation sites is 1. The van der Waals surface area contributed by atoms with Crippen LogP contribution in [0.15, 0.2) is 53.3 Å². The third-order valence-electron chi connectivity index (χ3n) is 6.06. The summed E-state index contributed by atoms with van der Waals surface area (Å²) in [4.78, 5) is 34.9. The number of fused-ring (bicyclic) bond motifs is 1. The van der Waals surface area contributed by atoms with Gasteiger partial charge in [-0.05, 0) is 49.2 Å². The van der Waals surface area contributed by atoms with Crippen LogP contribution in [0, 0.1) is 11.7 Å². The Morgan fingerprint density at radius 2 is 1.66 bits per heavy atom. The fourth-order valence-corrected chi connectivity index (χ4v) is 4.27. The largest absolute Gasteiger partial charge is 0.340 e. The fourth-order valence-electron chi connectivity index (χ4n) is 4.27. The van der Waals surface area contributed by atoms with Crippen molar-refractivity contribution in [2.24, 2.45) is 5.92 Å². The van der Waals surface area contributed by atoms with Gasteiger partial charge >= 0.3 is 0 Å². The van der Waals surface area contributed by atoms with Crippen molar-refractivity contribution in [3.05, 3.63) is 70.5 Å². The van der Waals surface area contributed by atoms with Gasteiger partial charge in [-0.1, -0.05) is 26.0 Å². The van der Waals surface area contributed by atoms with Crippen LogP contribution in [0.2, 0.25) is 0 Å². The molecule has 1 unspecified atom stereocenters. The zero-order valence-electron chi connectivity index (χ0n) is 18.8. The van der Waals surface area contributed by atoms with Gasteiger partial charge in [0, 0.05) is 32.6 Å². The van der Waals surface area contributed by atoms with Gasteiger partial charge in [0.2, 0.25) is 5.91 Å². The van der Waals surface area contributed by atoms with E-state index in [1.165, 1.54) is 12.1 Å². The maximum absolute atomic E-state index is 13.5. The van der Waals surface area contributed by atoms with E-state index in [1.807, 2.05) is 30.0 Å². The second kappa shape index (κ2) is 9.20. The summed E-state index contributed by atoms with van der Waals surface area (Å²) in [6, 6.07) is 13.0. The molecule has 1 aliphatic heterocycles. The Balaban J connectivity index is 1.68. The van der Waals surface area contributed by atoms with E-state index in [4.69, 9.17) is 4.98 Å². The number of amides is 1. The minimum atomic E-state index is -0.354. The second-order valence-corrected chi connectivity index (χ2v) is 8.79. The van der Waals surface area contributed by atoms with E-state index < -0.39 is 0 Å². The Hall–Kier alpha value is -3.06. The van der Waals surface area contributed by atoms with E-state index >= 15 is 0 Å². The van der Waals surface area contributed by atoms with Gasteiger partial charge in [-0.3, -0.25) is 19.1 Å². The summed E-state index contributed by atoms with van der Waals surface area (Å²) in [5.74, 6) is 0.792. The third-order valence-corrected chi connectivity index (χ3v) is 6.06. The quantitative estimate of drug-likeness (QED) is 0.611. The Kier molecular flexibility index (Phi) is 6.37. The molecule has 1 aliphatic rings. The molecule has 1 atom stereocenters. The molecule has 0 saturated carbocycles. The molecule has 4 rings (SSSR count). The molecular weight excluding hydrogens is 407 g/mol. The van der Waals surface area contributed by atoms with Gasteiger partial charge in [-0.25, -0.2) is 9.37 Å². The molecule has 3 aromatic rings. The van der Waals surface area contributed by atoms with Crippen LogP contribution in [-0.4, -0.2) is 51.4 Å². The van der Waals surface area contributed by atoms with Crippen LogP contribution >= 0.6 is 0 Å². The Morgan fingerprint density at radius 1 is 1.00 bits per heavy atom. The van der Waals surface area contributed by atoms with Crippen LogP contribution in [0.5, 0.6) is 0 Å². The highest BCUT2D eigenvalue weighted by Gasteiger charge is 2.28. The zero-order valence-corrected chi connectivity index (χ0v) is 18.8. The Morgan fingerprint density at radius 3 is 2.31 bits per heavy atom. The molecule has 2 aromatic carbocycles. The van der Waals surface area contributed by atoms with Gasteiger partial charge in [0.15, 0.2) is 0 Å². The highest BCUT2D eigenvalue weighted by atomic mass is 19.1. The first-order valence-electron chi connectivity index (χ1n) is 11.1. The molecule has 168 valence electrons. The number of piperazine rings is 1. The summed E-state index contributed by atoms with van der Waals surface area (Å²) >= 11 is 0. The molecule has 0 radical (unpaired) electrons. The molecule has 0 bridgehead atoms. The first kappa shape index (κ1) is 22.1. The number of hydrogen-bond donors (Lipinski definition) is 0. The van der Waals surface area contributed by atoms with Crippen LogP contribution < -0.4 is 5.56 Å². The zero-order chi connectivity index (χ0) is 22.8. The topological polar surface area (TPSA) is 58.4 Å². The van der Waals surface area contributed by atoms with Crippen molar-refractivity contribution in [1.29, 1.82) is 0 Å². The van der Waals surface area contributed by atoms with E-state index in [-0.39, 0.29) is 23.3 Å². The van der Waals surface area contributed by atoms with Gasteiger partial charge in [0.25, 0.3) is 5.56 Å². The van der Waals surface area contributed by atoms with Crippen LogP contribution in [0.3, 0.4) is 0 Å². The maximum Gasteiger partial charge on any atom is 0.266 e. The van der Waals surface area contributed by atoms with E-state index in [9.17, 15) is 14.0 Å². The summed E-state index contributed by atoms with van der Waals surface area (Å²) in [7, 11) is 0.